The highest BCUT2D eigenvalue weighted by atomic mass is 127. The monoisotopic (exact) mass is 426 g/mol. The molecule has 0 amide bonds. The zero-order valence-electron chi connectivity index (χ0n) is 13.4. The van der Waals surface area contributed by atoms with Crippen molar-refractivity contribution in [2.24, 2.45) is 0 Å². The molecule has 0 aliphatic rings. The fraction of sp³-hybridized carbons (Fsp3) is 0.278. The van der Waals surface area contributed by atoms with Gasteiger partial charge in [-0.3, -0.25) is 0 Å². The molecule has 0 heterocycles. The predicted molar refractivity (Wildman–Crippen MR) is 97.1 cm³/mol. The Morgan fingerprint density at radius 1 is 1.17 bits per heavy atom. The zero-order chi connectivity index (χ0) is 16.8. The Morgan fingerprint density at radius 2 is 1.96 bits per heavy atom. The summed E-state index contributed by atoms with van der Waals surface area (Å²) in [5, 5.41) is 0. The third-order valence-corrected chi connectivity index (χ3v) is 4.42. The summed E-state index contributed by atoms with van der Waals surface area (Å²) in [5.41, 5.74) is 3.19. The molecule has 0 bridgehead atoms. The number of halogens is 1. The molecule has 0 fully saturated rings. The van der Waals surface area contributed by atoms with Crippen LogP contribution in [0.25, 0.3) is 0 Å². The van der Waals surface area contributed by atoms with E-state index in [1.165, 1.54) is 12.7 Å². The molecule has 0 unspecified atom stereocenters. The van der Waals surface area contributed by atoms with Crippen LogP contribution in [0.15, 0.2) is 36.4 Å². The minimum atomic E-state index is -0.738. The van der Waals surface area contributed by atoms with Gasteiger partial charge in [-0.05, 0) is 59.7 Å². The van der Waals surface area contributed by atoms with Crippen molar-refractivity contribution < 1.29 is 19.0 Å². The van der Waals surface area contributed by atoms with Crippen molar-refractivity contribution in [3.63, 3.8) is 0 Å². The van der Waals surface area contributed by atoms with Gasteiger partial charge in [-0.2, -0.15) is 0 Å². The van der Waals surface area contributed by atoms with E-state index in [1.54, 1.807) is 6.07 Å². The van der Waals surface area contributed by atoms with E-state index in [4.69, 9.17) is 9.47 Å². The summed E-state index contributed by atoms with van der Waals surface area (Å²) < 4.78 is 16.7. The van der Waals surface area contributed by atoms with Gasteiger partial charge in [0.15, 0.2) is 0 Å². The summed E-state index contributed by atoms with van der Waals surface area (Å²) in [7, 11) is 1.28. The lowest BCUT2D eigenvalue weighted by atomic mass is 10.1. The number of methoxy groups -OCH3 is 1. The Bertz CT molecular complexity index is 697. The number of carbonyl (C=O) groups is 1. The van der Waals surface area contributed by atoms with Gasteiger partial charge >= 0.3 is 6.16 Å². The first-order chi connectivity index (χ1) is 11.0. The average molecular weight is 426 g/mol. The van der Waals surface area contributed by atoms with Crippen LogP contribution >= 0.6 is 22.6 Å². The molecular formula is C18H19IO4. The van der Waals surface area contributed by atoms with Gasteiger partial charge in [0, 0.05) is 9.13 Å². The van der Waals surface area contributed by atoms with E-state index >= 15 is 0 Å². The summed E-state index contributed by atoms with van der Waals surface area (Å²) in [4.78, 5) is 11.4. The molecule has 0 aliphatic carbocycles. The molecule has 2 aromatic rings. The van der Waals surface area contributed by atoms with E-state index in [0.717, 1.165) is 26.9 Å². The zero-order valence-corrected chi connectivity index (χ0v) is 15.5. The molecule has 23 heavy (non-hydrogen) atoms. The second kappa shape index (κ2) is 8.19. The second-order valence-corrected chi connectivity index (χ2v) is 6.19. The molecular weight excluding hydrogens is 407 g/mol. The van der Waals surface area contributed by atoms with Crippen molar-refractivity contribution in [1.29, 1.82) is 0 Å². The van der Waals surface area contributed by atoms with Crippen LogP contribution in [0, 0.1) is 10.5 Å². The molecule has 4 nitrogen and oxygen atoms in total. The van der Waals surface area contributed by atoms with E-state index in [0.29, 0.717) is 12.4 Å². The van der Waals surface area contributed by atoms with E-state index in [1.807, 2.05) is 24.3 Å². The van der Waals surface area contributed by atoms with Gasteiger partial charge in [-0.1, -0.05) is 30.7 Å². The first-order valence-corrected chi connectivity index (χ1v) is 8.38. The lowest BCUT2D eigenvalue weighted by Gasteiger charge is -2.14. The summed E-state index contributed by atoms with van der Waals surface area (Å²) >= 11 is 2.20. The number of rotatable bonds is 5. The Balaban J connectivity index is 2.22. The second-order valence-electron chi connectivity index (χ2n) is 5.03. The maximum absolute atomic E-state index is 11.4. The van der Waals surface area contributed by atoms with Crippen LogP contribution in [0.1, 0.15) is 23.6 Å². The molecule has 0 spiro atoms. The van der Waals surface area contributed by atoms with Gasteiger partial charge < -0.3 is 14.2 Å². The van der Waals surface area contributed by atoms with E-state index in [2.05, 4.69) is 47.2 Å². The Morgan fingerprint density at radius 3 is 2.65 bits per heavy atom. The lowest BCUT2D eigenvalue weighted by molar-refractivity contribution is 0.120. The molecule has 0 saturated carbocycles. The summed E-state index contributed by atoms with van der Waals surface area (Å²) in [5.74, 6) is 1.30. The quantitative estimate of drug-likeness (QED) is 0.388. The topological polar surface area (TPSA) is 44.8 Å². The fourth-order valence-corrected chi connectivity index (χ4v) is 2.81. The van der Waals surface area contributed by atoms with Crippen LogP contribution in [-0.4, -0.2) is 13.3 Å². The highest BCUT2D eigenvalue weighted by molar-refractivity contribution is 14.1. The SMILES string of the molecule is CCc1cc(C)ccc1OCc1c(I)cccc1OC(=O)OC. The van der Waals surface area contributed by atoms with E-state index in [-0.39, 0.29) is 0 Å². The van der Waals surface area contributed by atoms with Crippen LogP contribution in [0.3, 0.4) is 0 Å². The summed E-state index contributed by atoms with van der Waals surface area (Å²) in [6.07, 6.45) is 0.159. The highest BCUT2D eigenvalue weighted by Gasteiger charge is 2.13. The van der Waals surface area contributed by atoms with Crippen LogP contribution in [0.4, 0.5) is 4.79 Å². The van der Waals surface area contributed by atoms with E-state index < -0.39 is 6.16 Å². The van der Waals surface area contributed by atoms with Crippen LogP contribution < -0.4 is 9.47 Å². The molecule has 0 N–H and O–H groups in total. The normalized spacial score (nSPS) is 10.3. The number of aryl methyl sites for hydroxylation is 2. The molecule has 2 aromatic carbocycles. The third-order valence-electron chi connectivity index (χ3n) is 3.40. The molecule has 0 radical (unpaired) electrons. The number of ether oxygens (including phenoxy) is 3. The van der Waals surface area contributed by atoms with Gasteiger partial charge in [0.25, 0.3) is 0 Å². The standard InChI is InChI=1S/C18H19IO4/c1-4-13-10-12(2)8-9-16(13)22-11-14-15(19)6-5-7-17(14)23-18(20)21-3/h5-10H,4,11H2,1-3H3. The summed E-state index contributed by atoms with van der Waals surface area (Å²) in [6.45, 7) is 4.48. The van der Waals surface area contributed by atoms with Crippen molar-refractivity contribution in [1.82, 2.24) is 0 Å². The van der Waals surface area contributed by atoms with Crippen molar-refractivity contribution in [3.8, 4) is 11.5 Å². The van der Waals surface area contributed by atoms with Gasteiger partial charge in [-0.15, -0.1) is 0 Å². The third kappa shape index (κ3) is 4.60. The van der Waals surface area contributed by atoms with Gasteiger partial charge in [0.05, 0.1) is 7.11 Å². The smallest absolute Gasteiger partial charge is 0.488 e. The molecule has 0 aromatic heterocycles. The van der Waals surface area contributed by atoms with Crippen molar-refractivity contribution in [3.05, 3.63) is 56.7 Å². The number of carbonyl (C=O) groups excluding carboxylic acids is 1. The predicted octanol–water partition coefficient (Wildman–Crippen LogP) is 4.89. The largest absolute Gasteiger partial charge is 0.513 e. The highest BCUT2D eigenvalue weighted by Crippen LogP contribution is 2.28. The van der Waals surface area contributed by atoms with Gasteiger partial charge in [0.2, 0.25) is 0 Å². The van der Waals surface area contributed by atoms with Gasteiger partial charge in [0.1, 0.15) is 18.1 Å². The number of hydrogen-bond donors (Lipinski definition) is 0. The summed E-state index contributed by atoms with van der Waals surface area (Å²) in [6, 6.07) is 11.6. The number of benzene rings is 2. The molecule has 2 rings (SSSR count). The Labute approximate surface area is 149 Å². The fourth-order valence-electron chi connectivity index (χ4n) is 2.18. The molecule has 122 valence electrons. The van der Waals surface area contributed by atoms with Crippen LogP contribution in [-0.2, 0) is 17.8 Å². The van der Waals surface area contributed by atoms with Crippen LogP contribution in [0.2, 0.25) is 0 Å². The molecule has 0 atom stereocenters. The van der Waals surface area contributed by atoms with Crippen molar-refractivity contribution in [2.75, 3.05) is 7.11 Å². The molecule has 5 heteroatoms. The maximum atomic E-state index is 11.4. The maximum Gasteiger partial charge on any atom is 0.513 e. The first-order valence-electron chi connectivity index (χ1n) is 7.30. The van der Waals surface area contributed by atoms with Crippen LogP contribution in [0.5, 0.6) is 11.5 Å². The van der Waals surface area contributed by atoms with E-state index in [9.17, 15) is 4.79 Å². The minimum absolute atomic E-state index is 0.321. The first kappa shape index (κ1) is 17.6. The lowest BCUT2D eigenvalue weighted by Crippen LogP contribution is -2.11. The van der Waals surface area contributed by atoms with Crippen molar-refractivity contribution in [2.45, 2.75) is 26.9 Å². The van der Waals surface area contributed by atoms with Gasteiger partial charge in [-0.25, -0.2) is 4.79 Å². The molecule has 0 saturated heterocycles. The molecule has 0 aliphatic heterocycles. The minimum Gasteiger partial charge on any atom is -0.488 e. The average Bonchev–Trinajstić information content (AvgIpc) is 2.55. The number of hydrogen-bond acceptors (Lipinski definition) is 4. The Kier molecular flexibility index (Phi) is 6.27. The van der Waals surface area contributed by atoms with Crippen molar-refractivity contribution >= 4 is 28.7 Å². The Hall–Kier alpha value is -1.76.